The van der Waals surface area contributed by atoms with Gasteiger partial charge in [0.2, 0.25) is 17.6 Å². The molecule has 0 unspecified atom stereocenters. The van der Waals surface area contributed by atoms with E-state index in [9.17, 15) is 4.79 Å². The van der Waals surface area contributed by atoms with Crippen LogP contribution in [-0.2, 0) is 11.3 Å². The Morgan fingerprint density at radius 2 is 2.10 bits per heavy atom. The smallest absolute Gasteiger partial charge is 0.240 e. The first-order valence-corrected chi connectivity index (χ1v) is 6.18. The van der Waals surface area contributed by atoms with Crippen LogP contribution in [0.5, 0.6) is 11.5 Å². The van der Waals surface area contributed by atoms with E-state index in [1.165, 1.54) is 0 Å². The van der Waals surface area contributed by atoms with Gasteiger partial charge < -0.3 is 19.7 Å². The molecule has 112 valence electrons. The molecule has 0 aliphatic heterocycles. The fourth-order valence-corrected chi connectivity index (χ4v) is 1.71. The second-order valence-corrected chi connectivity index (χ2v) is 4.15. The molecule has 2 rings (SSSR count). The summed E-state index contributed by atoms with van der Waals surface area (Å²) in [5, 5.41) is 6.67. The van der Waals surface area contributed by atoms with Gasteiger partial charge >= 0.3 is 0 Å². The number of nitrogens with zero attached hydrogens (tertiary/aromatic N) is 2. The van der Waals surface area contributed by atoms with Crippen LogP contribution in [0.3, 0.4) is 0 Å². The number of nitrogens with one attached hydrogen (secondary N) is 1. The summed E-state index contributed by atoms with van der Waals surface area (Å²) in [6.45, 7) is 0.317. The number of primary amides is 1. The predicted octanol–water partition coefficient (Wildman–Crippen LogP) is 0.329. The molecular formula is C13H16N4O4. The van der Waals surface area contributed by atoms with E-state index in [0.29, 0.717) is 23.2 Å². The summed E-state index contributed by atoms with van der Waals surface area (Å²) >= 11 is 0. The molecule has 21 heavy (non-hydrogen) atoms. The third-order valence-electron chi connectivity index (χ3n) is 2.69. The average Bonchev–Trinajstić information content (AvgIpc) is 2.95. The normalized spacial score (nSPS) is 10.4. The maximum absolute atomic E-state index is 10.6. The molecule has 0 fully saturated rings. The molecule has 0 aliphatic rings. The Balaban J connectivity index is 2.12. The van der Waals surface area contributed by atoms with Gasteiger partial charge in [0, 0.05) is 5.56 Å². The lowest BCUT2D eigenvalue weighted by Gasteiger charge is -2.07. The number of ether oxygens (including phenoxy) is 2. The maximum Gasteiger partial charge on any atom is 0.240 e. The van der Waals surface area contributed by atoms with E-state index in [0.717, 1.165) is 5.56 Å². The van der Waals surface area contributed by atoms with Crippen LogP contribution in [0.1, 0.15) is 5.89 Å². The first-order valence-electron chi connectivity index (χ1n) is 6.18. The van der Waals surface area contributed by atoms with E-state index >= 15 is 0 Å². The van der Waals surface area contributed by atoms with Gasteiger partial charge in [-0.25, -0.2) is 0 Å². The monoisotopic (exact) mass is 292 g/mol. The molecule has 1 aromatic carbocycles. The highest BCUT2D eigenvalue weighted by molar-refractivity contribution is 5.75. The SMILES string of the molecule is COc1ccc(-c2noc(CNCC(N)=O)n2)cc1OC. The van der Waals surface area contributed by atoms with E-state index in [1.807, 2.05) is 0 Å². The van der Waals surface area contributed by atoms with Crippen LogP contribution in [0.4, 0.5) is 0 Å². The van der Waals surface area contributed by atoms with E-state index in [1.54, 1.807) is 32.4 Å². The fourth-order valence-electron chi connectivity index (χ4n) is 1.71. The van der Waals surface area contributed by atoms with Crippen LogP contribution in [0, 0.1) is 0 Å². The zero-order chi connectivity index (χ0) is 15.2. The summed E-state index contributed by atoms with van der Waals surface area (Å²) in [7, 11) is 3.12. The van der Waals surface area contributed by atoms with Crippen LogP contribution in [0.25, 0.3) is 11.4 Å². The largest absolute Gasteiger partial charge is 0.493 e. The number of nitrogens with two attached hydrogens (primary N) is 1. The van der Waals surface area contributed by atoms with Crippen molar-refractivity contribution in [2.45, 2.75) is 6.54 Å². The van der Waals surface area contributed by atoms with Crippen molar-refractivity contribution in [3.05, 3.63) is 24.1 Å². The molecule has 0 aliphatic carbocycles. The van der Waals surface area contributed by atoms with Gasteiger partial charge in [0.1, 0.15) is 0 Å². The van der Waals surface area contributed by atoms with Crippen molar-refractivity contribution in [2.24, 2.45) is 5.73 Å². The number of benzene rings is 1. The van der Waals surface area contributed by atoms with Crippen molar-refractivity contribution < 1.29 is 18.8 Å². The van der Waals surface area contributed by atoms with E-state index in [-0.39, 0.29) is 13.1 Å². The summed E-state index contributed by atoms with van der Waals surface area (Å²) < 4.78 is 15.5. The highest BCUT2D eigenvalue weighted by Crippen LogP contribution is 2.31. The van der Waals surface area contributed by atoms with Gasteiger partial charge in [-0.15, -0.1) is 0 Å². The van der Waals surface area contributed by atoms with Crippen LogP contribution in [-0.4, -0.2) is 36.8 Å². The van der Waals surface area contributed by atoms with Gasteiger partial charge in [-0.2, -0.15) is 4.98 Å². The average molecular weight is 292 g/mol. The van der Waals surface area contributed by atoms with Crippen LogP contribution in [0.15, 0.2) is 22.7 Å². The van der Waals surface area contributed by atoms with E-state index in [2.05, 4.69) is 15.5 Å². The molecule has 0 bridgehead atoms. The molecule has 1 aromatic heterocycles. The molecule has 0 saturated carbocycles. The molecule has 8 nitrogen and oxygen atoms in total. The van der Waals surface area contributed by atoms with Gasteiger partial charge in [0.15, 0.2) is 11.5 Å². The second-order valence-electron chi connectivity index (χ2n) is 4.15. The Labute approximate surface area is 121 Å². The topological polar surface area (TPSA) is 112 Å². The number of rotatable bonds is 7. The molecule has 0 radical (unpaired) electrons. The Morgan fingerprint density at radius 3 is 2.76 bits per heavy atom. The molecule has 0 saturated heterocycles. The minimum atomic E-state index is -0.449. The van der Waals surface area contributed by atoms with E-state index < -0.39 is 5.91 Å². The molecule has 8 heteroatoms. The summed E-state index contributed by atoms with van der Waals surface area (Å²) in [6.07, 6.45) is 0. The Morgan fingerprint density at radius 1 is 1.33 bits per heavy atom. The minimum absolute atomic E-state index is 0.0497. The highest BCUT2D eigenvalue weighted by Gasteiger charge is 2.12. The van der Waals surface area contributed by atoms with Crippen LogP contribution < -0.4 is 20.5 Å². The number of carbonyl (C=O) groups excluding carboxylic acids is 1. The zero-order valence-electron chi connectivity index (χ0n) is 11.8. The van der Waals surface area contributed by atoms with Gasteiger partial charge in [-0.1, -0.05) is 5.16 Å². The van der Waals surface area contributed by atoms with Crippen molar-refractivity contribution >= 4 is 5.91 Å². The number of methoxy groups -OCH3 is 2. The summed E-state index contributed by atoms with van der Waals surface area (Å²) in [4.78, 5) is 14.8. The predicted molar refractivity (Wildman–Crippen MR) is 73.7 cm³/mol. The number of hydrogen-bond donors (Lipinski definition) is 2. The number of amides is 1. The maximum atomic E-state index is 10.6. The summed E-state index contributed by atoms with van der Waals surface area (Å²) in [6, 6.07) is 5.31. The highest BCUT2D eigenvalue weighted by atomic mass is 16.5. The first kappa shape index (κ1) is 14.8. The Bertz CT molecular complexity index is 626. The molecule has 0 atom stereocenters. The Hall–Kier alpha value is -2.61. The summed E-state index contributed by atoms with van der Waals surface area (Å²) in [5.74, 6) is 1.53. The van der Waals surface area contributed by atoms with Gasteiger partial charge in [0.25, 0.3) is 0 Å². The standard InChI is InChI=1S/C13H16N4O4/c1-19-9-4-3-8(5-10(9)20-2)13-16-12(21-17-13)7-15-6-11(14)18/h3-5,15H,6-7H2,1-2H3,(H2,14,18). The Kier molecular flexibility index (Phi) is 4.72. The lowest BCUT2D eigenvalue weighted by molar-refractivity contribution is -0.117. The lowest BCUT2D eigenvalue weighted by atomic mass is 10.2. The summed E-state index contributed by atoms with van der Waals surface area (Å²) in [5.41, 5.74) is 5.75. The van der Waals surface area contributed by atoms with Crippen molar-refractivity contribution in [3.63, 3.8) is 0 Å². The van der Waals surface area contributed by atoms with Crippen molar-refractivity contribution in [2.75, 3.05) is 20.8 Å². The lowest BCUT2D eigenvalue weighted by Crippen LogP contribution is -2.28. The quantitative estimate of drug-likeness (QED) is 0.756. The molecule has 1 heterocycles. The third kappa shape index (κ3) is 3.69. The third-order valence-corrected chi connectivity index (χ3v) is 2.69. The van der Waals surface area contributed by atoms with E-state index in [4.69, 9.17) is 19.7 Å². The van der Waals surface area contributed by atoms with Crippen molar-refractivity contribution in [3.8, 4) is 22.9 Å². The number of hydrogen-bond acceptors (Lipinski definition) is 7. The zero-order valence-corrected chi connectivity index (χ0v) is 11.8. The second kappa shape index (κ2) is 6.71. The number of carbonyl (C=O) groups is 1. The molecular weight excluding hydrogens is 276 g/mol. The fraction of sp³-hybridized carbons (Fsp3) is 0.308. The van der Waals surface area contributed by atoms with Gasteiger partial charge in [-0.3, -0.25) is 10.1 Å². The van der Waals surface area contributed by atoms with Gasteiger partial charge in [0.05, 0.1) is 27.3 Å². The molecule has 1 amide bonds. The first-order chi connectivity index (χ1) is 10.1. The van der Waals surface area contributed by atoms with Crippen molar-refractivity contribution in [1.82, 2.24) is 15.5 Å². The van der Waals surface area contributed by atoms with Crippen LogP contribution in [0.2, 0.25) is 0 Å². The molecule has 0 spiro atoms. The molecule has 2 aromatic rings. The van der Waals surface area contributed by atoms with Crippen molar-refractivity contribution in [1.29, 1.82) is 0 Å². The van der Waals surface area contributed by atoms with Gasteiger partial charge in [-0.05, 0) is 18.2 Å². The van der Waals surface area contributed by atoms with Crippen LogP contribution >= 0.6 is 0 Å². The number of aromatic nitrogens is 2. The minimum Gasteiger partial charge on any atom is -0.493 e. The molecule has 3 N–H and O–H groups in total.